The largest absolute Gasteiger partial charge is 0.484 e. The van der Waals surface area contributed by atoms with Crippen LogP contribution in [0, 0.1) is 17.0 Å². The molecule has 2 amide bonds. The number of carbonyl (C=O) groups excluding carboxylic acids is 3. The Morgan fingerprint density at radius 1 is 1.26 bits per heavy atom. The van der Waals surface area contributed by atoms with E-state index in [1.54, 1.807) is 0 Å². The zero-order chi connectivity index (χ0) is 25.7. The van der Waals surface area contributed by atoms with Gasteiger partial charge in [0, 0.05) is 6.07 Å². The highest BCUT2D eigenvalue weighted by Gasteiger charge is 2.26. The number of hydrogen-bond acceptors (Lipinski definition) is 9. The lowest BCUT2D eigenvalue weighted by atomic mass is 10.1. The Balaban J connectivity index is 1.75. The average Bonchev–Trinajstić information content (AvgIpc) is 3.41. The molecule has 0 spiro atoms. The van der Waals surface area contributed by atoms with Gasteiger partial charge >= 0.3 is 5.97 Å². The number of amides is 2. The lowest BCUT2D eigenvalue weighted by molar-refractivity contribution is -0.384. The third-order valence-electron chi connectivity index (χ3n) is 4.62. The molecule has 0 saturated heterocycles. The summed E-state index contributed by atoms with van der Waals surface area (Å²) in [4.78, 5) is 47.5. The van der Waals surface area contributed by atoms with Crippen LogP contribution < -0.4 is 15.8 Å². The summed E-state index contributed by atoms with van der Waals surface area (Å²) in [5.41, 5.74) is 5.54. The lowest BCUT2D eigenvalue weighted by Gasteiger charge is -2.07. The van der Waals surface area contributed by atoms with Crippen molar-refractivity contribution in [3.05, 3.63) is 73.0 Å². The summed E-state index contributed by atoms with van der Waals surface area (Å²) < 4.78 is 16.1. The van der Waals surface area contributed by atoms with Gasteiger partial charge in [0.25, 0.3) is 17.5 Å². The smallest absolute Gasteiger partial charge is 0.341 e. The van der Waals surface area contributed by atoms with E-state index in [0.29, 0.717) is 12.0 Å². The van der Waals surface area contributed by atoms with E-state index in [1.165, 1.54) is 37.3 Å². The number of anilines is 1. The summed E-state index contributed by atoms with van der Waals surface area (Å²) in [7, 11) is 0. The number of esters is 1. The van der Waals surface area contributed by atoms with Crippen LogP contribution in [0.4, 0.5) is 10.7 Å². The molecule has 0 atom stereocenters. The Hall–Kier alpha value is -3.90. The highest BCUT2D eigenvalue weighted by atomic mass is 35.5. The molecule has 0 aliphatic heterocycles. The summed E-state index contributed by atoms with van der Waals surface area (Å²) in [6.07, 6.45) is 0.595. The lowest BCUT2D eigenvalue weighted by Crippen LogP contribution is -2.15. The van der Waals surface area contributed by atoms with Crippen LogP contribution in [0.1, 0.15) is 55.3 Å². The van der Waals surface area contributed by atoms with Crippen molar-refractivity contribution < 1.29 is 33.2 Å². The van der Waals surface area contributed by atoms with E-state index in [0.717, 1.165) is 11.3 Å². The summed E-state index contributed by atoms with van der Waals surface area (Å²) in [6.45, 7) is 3.38. The molecule has 2 heterocycles. The van der Waals surface area contributed by atoms with Gasteiger partial charge in [-0.1, -0.05) is 18.5 Å². The first kappa shape index (κ1) is 25.7. The molecule has 3 N–H and O–H groups in total. The van der Waals surface area contributed by atoms with Crippen molar-refractivity contribution >= 4 is 51.4 Å². The fraction of sp³-hybridized carbons (Fsp3) is 0.227. The molecule has 35 heavy (non-hydrogen) atoms. The van der Waals surface area contributed by atoms with E-state index >= 15 is 0 Å². The van der Waals surface area contributed by atoms with Gasteiger partial charge < -0.3 is 24.9 Å². The van der Waals surface area contributed by atoms with Crippen LogP contribution in [0.25, 0.3) is 0 Å². The molecule has 11 nitrogen and oxygen atoms in total. The van der Waals surface area contributed by atoms with Gasteiger partial charge in [-0.25, -0.2) is 4.79 Å². The fourth-order valence-corrected chi connectivity index (χ4v) is 4.17. The Morgan fingerprint density at radius 2 is 2.00 bits per heavy atom. The van der Waals surface area contributed by atoms with Crippen LogP contribution in [0.15, 0.2) is 34.7 Å². The van der Waals surface area contributed by atoms with Crippen molar-refractivity contribution in [1.82, 2.24) is 0 Å². The standard InChI is InChI=1S/C22H20ClN3O8S/c1-3-8-32-22(29)17-11(2)18(19(24)27)35-21(17)25-20(28)15-7-5-13(34-15)10-33-16-9-12(26(30)31)4-6-14(16)23/h4-7,9H,3,8,10H2,1-2H3,(H2,24,27)(H,25,28). The molecule has 13 heteroatoms. The molecule has 2 aromatic heterocycles. The molecule has 0 unspecified atom stereocenters. The van der Waals surface area contributed by atoms with Crippen LogP contribution in [0.5, 0.6) is 5.75 Å². The van der Waals surface area contributed by atoms with Crippen LogP contribution in [-0.4, -0.2) is 29.3 Å². The summed E-state index contributed by atoms with van der Waals surface area (Å²) in [6, 6.07) is 6.61. The molecule has 0 radical (unpaired) electrons. The summed E-state index contributed by atoms with van der Waals surface area (Å²) >= 11 is 6.87. The number of thiophene rings is 1. The zero-order valence-corrected chi connectivity index (χ0v) is 20.2. The van der Waals surface area contributed by atoms with Crippen LogP contribution in [0.3, 0.4) is 0 Å². The number of halogens is 1. The molecule has 0 saturated carbocycles. The highest BCUT2D eigenvalue weighted by Crippen LogP contribution is 2.34. The van der Waals surface area contributed by atoms with E-state index < -0.39 is 22.7 Å². The van der Waals surface area contributed by atoms with Gasteiger partial charge in [-0.3, -0.25) is 19.7 Å². The molecule has 184 valence electrons. The predicted octanol–water partition coefficient (Wildman–Crippen LogP) is 4.71. The second-order valence-corrected chi connectivity index (χ2v) is 8.57. The molecule has 0 fully saturated rings. The van der Waals surface area contributed by atoms with E-state index in [2.05, 4.69) is 5.32 Å². The van der Waals surface area contributed by atoms with Gasteiger partial charge in [0.05, 0.1) is 33.1 Å². The minimum Gasteiger partial charge on any atom is -0.484 e. The van der Waals surface area contributed by atoms with Crippen LogP contribution in [-0.2, 0) is 11.3 Å². The Kier molecular flexibility index (Phi) is 8.10. The molecular weight excluding hydrogens is 502 g/mol. The first-order valence-corrected chi connectivity index (χ1v) is 11.4. The number of nitro groups is 1. The Morgan fingerprint density at radius 3 is 2.66 bits per heavy atom. The molecule has 0 bridgehead atoms. The number of hydrogen-bond donors (Lipinski definition) is 2. The molecule has 3 aromatic rings. The minimum atomic E-state index is -0.741. The number of nitrogens with zero attached hydrogens (tertiary/aromatic N) is 1. The fourth-order valence-electron chi connectivity index (χ4n) is 2.96. The number of rotatable bonds is 10. The van der Waals surface area contributed by atoms with E-state index in [1.807, 2.05) is 6.92 Å². The van der Waals surface area contributed by atoms with E-state index in [9.17, 15) is 24.5 Å². The third-order valence-corrected chi connectivity index (χ3v) is 6.15. The van der Waals surface area contributed by atoms with Gasteiger partial charge in [-0.05, 0) is 37.1 Å². The Labute approximate surface area is 207 Å². The van der Waals surface area contributed by atoms with Gasteiger partial charge in [-0.15, -0.1) is 11.3 Å². The van der Waals surface area contributed by atoms with Crippen molar-refractivity contribution in [2.45, 2.75) is 26.9 Å². The van der Waals surface area contributed by atoms with Crippen molar-refractivity contribution in [1.29, 1.82) is 0 Å². The van der Waals surface area contributed by atoms with Crippen LogP contribution >= 0.6 is 22.9 Å². The van der Waals surface area contributed by atoms with Gasteiger partial charge in [-0.2, -0.15) is 0 Å². The van der Waals surface area contributed by atoms with E-state index in [4.69, 9.17) is 31.2 Å². The summed E-state index contributed by atoms with van der Waals surface area (Å²) in [5, 5.41) is 13.8. The topological polar surface area (TPSA) is 164 Å². The van der Waals surface area contributed by atoms with Crippen molar-refractivity contribution in [3.63, 3.8) is 0 Å². The van der Waals surface area contributed by atoms with E-state index in [-0.39, 0.29) is 56.6 Å². The normalized spacial score (nSPS) is 10.6. The van der Waals surface area contributed by atoms with Crippen molar-refractivity contribution in [2.24, 2.45) is 5.73 Å². The minimum absolute atomic E-state index is 0.0426. The molecular formula is C22H20ClN3O8S. The number of furan rings is 1. The zero-order valence-electron chi connectivity index (χ0n) is 18.6. The number of nitrogens with two attached hydrogens (primary N) is 1. The predicted molar refractivity (Wildman–Crippen MR) is 127 cm³/mol. The van der Waals surface area contributed by atoms with Crippen molar-refractivity contribution in [2.75, 3.05) is 11.9 Å². The number of primary amides is 1. The van der Waals surface area contributed by atoms with Gasteiger partial charge in [0.15, 0.2) is 5.76 Å². The molecule has 0 aliphatic rings. The number of nitrogens with one attached hydrogen (secondary N) is 1. The number of benzene rings is 1. The first-order valence-electron chi connectivity index (χ1n) is 10.2. The highest BCUT2D eigenvalue weighted by molar-refractivity contribution is 7.18. The Bertz CT molecular complexity index is 1300. The van der Waals surface area contributed by atoms with Crippen molar-refractivity contribution in [3.8, 4) is 5.75 Å². The number of non-ortho nitro benzene ring substituents is 1. The second-order valence-electron chi connectivity index (χ2n) is 7.14. The average molecular weight is 522 g/mol. The summed E-state index contributed by atoms with van der Waals surface area (Å²) in [5.74, 6) is -1.91. The maximum atomic E-state index is 12.8. The van der Waals surface area contributed by atoms with Gasteiger partial charge in [0.1, 0.15) is 23.1 Å². The maximum Gasteiger partial charge on any atom is 0.341 e. The second kappa shape index (κ2) is 11.0. The number of ether oxygens (including phenoxy) is 2. The molecule has 0 aliphatic carbocycles. The third kappa shape index (κ3) is 5.97. The molecule has 3 rings (SSSR count). The quantitative estimate of drug-likeness (QED) is 0.220. The number of carbonyl (C=O) groups is 3. The number of nitro benzene ring substituents is 1. The monoisotopic (exact) mass is 521 g/mol. The van der Waals surface area contributed by atoms with Crippen LogP contribution in [0.2, 0.25) is 5.02 Å². The van der Waals surface area contributed by atoms with Gasteiger partial charge in [0.2, 0.25) is 0 Å². The first-order chi connectivity index (χ1) is 16.6. The SMILES string of the molecule is CCCOC(=O)c1c(NC(=O)c2ccc(COc3cc([N+](=O)[O-])ccc3Cl)o2)sc(C(N)=O)c1C. The maximum absolute atomic E-state index is 12.8. The molecule has 1 aromatic carbocycles.